The van der Waals surface area contributed by atoms with Crippen molar-refractivity contribution in [3.8, 4) is 0 Å². The van der Waals surface area contributed by atoms with Crippen LogP contribution in [0, 0.1) is 0 Å². The highest BCUT2D eigenvalue weighted by atomic mass is 19.4. The lowest BCUT2D eigenvalue weighted by atomic mass is 10.1. The highest BCUT2D eigenvalue weighted by Crippen LogP contribution is 2.29. The SMILES string of the molecule is O=C1CN(C(=O)CCC(=O)NC(CC(F)(F)F)C(=O)O)c2ccccc2N1. The molecule has 0 saturated heterocycles. The van der Waals surface area contributed by atoms with Gasteiger partial charge in [-0.25, -0.2) is 4.79 Å². The quantitative estimate of drug-likeness (QED) is 0.680. The largest absolute Gasteiger partial charge is 0.480 e. The van der Waals surface area contributed by atoms with Gasteiger partial charge in [0.2, 0.25) is 17.7 Å². The van der Waals surface area contributed by atoms with Crippen LogP contribution in [0.3, 0.4) is 0 Å². The van der Waals surface area contributed by atoms with E-state index in [1.807, 2.05) is 0 Å². The molecule has 2 rings (SSSR count). The van der Waals surface area contributed by atoms with E-state index in [1.165, 1.54) is 0 Å². The van der Waals surface area contributed by atoms with Gasteiger partial charge in [0.25, 0.3) is 0 Å². The highest BCUT2D eigenvalue weighted by Gasteiger charge is 2.36. The summed E-state index contributed by atoms with van der Waals surface area (Å²) in [6.07, 6.45) is -7.40. The molecule has 146 valence electrons. The first-order valence-corrected chi connectivity index (χ1v) is 7.85. The maximum Gasteiger partial charge on any atom is 0.391 e. The van der Waals surface area contributed by atoms with Gasteiger partial charge in [0.1, 0.15) is 12.6 Å². The number of rotatable bonds is 6. The van der Waals surface area contributed by atoms with Crippen LogP contribution in [0.25, 0.3) is 0 Å². The Morgan fingerprint density at radius 2 is 1.89 bits per heavy atom. The maximum absolute atomic E-state index is 12.3. The molecule has 1 aromatic carbocycles. The molecule has 3 N–H and O–H groups in total. The van der Waals surface area contributed by atoms with Crippen LogP contribution in [0.1, 0.15) is 19.3 Å². The number of carboxylic acid groups (broad SMARTS) is 1. The fourth-order valence-corrected chi connectivity index (χ4v) is 2.51. The lowest BCUT2D eigenvalue weighted by Crippen LogP contribution is -2.45. The van der Waals surface area contributed by atoms with E-state index in [4.69, 9.17) is 5.11 Å². The van der Waals surface area contributed by atoms with Gasteiger partial charge >= 0.3 is 12.1 Å². The molecule has 0 aliphatic carbocycles. The molecular formula is C16H16F3N3O5. The number of carbonyl (C=O) groups excluding carboxylic acids is 3. The Kier molecular flexibility index (Phi) is 6.03. The van der Waals surface area contributed by atoms with Gasteiger partial charge in [-0.1, -0.05) is 12.1 Å². The molecule has 0 bridgehead atoms. The average Bonchev–Trinajstić information content (AvgIpc) is 2.57. The van der Waals surface area contributed by atoms with Crippen LogP contribution in [0.2, 0.25) is 0 Å². The second-order valence-electron chi connectivity index (χ2n) is 5.82. The minimum atomic E-state index is -4.77. The van der Waals surface area contributed by atoms with Gasteiger partial charge in [-0.15, -0.1) is 0 Å². The van der Waals surface area contributed by atoms with Crippen molar-refractivity contribution in [2.45, 2.75) is 31.5 Å². The predicted molar refractivity (Wildman–Crippen MR) is 86.9 cm³/mol. The normalized spacial score (nSPS) is 14.8. The summed E-state index contributed by atoms with van der Waals surface area (Å²) in [5.41, 5.74) is 0.852. The van der Waals surface area contributed by atoms with Gasteiger partial charge in [0.05, 0.1) is 17.8 Å². The summed E-state index contributed by atoms with van der Waals surface area (Å²) in [5.74, 6) is -3.85. The van der Waals surface area contributed by atoms with Crippen LogP contribution >= 0.6 is 0 Å². The van der Waals surface area contributed by atoms with E-state index in [0.29, 0.717) is 11.4 Å². The van der Waals surface area contributed by atoms with Crippen molar-refractivity contribution >= 4 is 35.1 Å². The molecule has 1 unspecified atom stereocenters. The minimum Gasteiger partial charge on any atom is -0.480 e. The Labute approximate surface area is 151 Å². The van der Waals surface area contributed by atoms with Gasteiger partial charge in [0.15, 0.2) is 0 Å². The summed E-state index contributed by atoms with van der Waals surface area (Å²) in [5, 5.41) is 13.1. The fraction of sp³-hybridized carbons (Fsp3) is 0.375. The molecule has 1 aliphatic heterocycles. The van der Waals surface area contributed by atoms with Crippen molar-refractivity contribution in [1.29, 1.82) is 0 Å². The van der Waals surface area contributed by atoms with E-state index in [1.54, 1.807) is 29.6 Å². The topological polar surface area (TPSA) is 116 Å². The predicted octanol–water partition coefficient (Wildman–Crippen LogP) is 1.27. The molecule has 0 radical (unpaired) electrons. The van der Waals surface area contributed by atoms with E-state index >= 15 is 0 Å². The number of anilines is 2. The van der Waals surface area contributed by atoms with Gasteiger partial charge in [-0.2, -0.15) is 13.2 Å². The van der Waals surface area contributed by atoms with Gasteiger partial charge in [0, 0.05) is 12.8 Å². The Morgan fingerprint density at radius 1 is 1.22 bits per heavy atom. The number of hydrogen-bond donors (Lipinski definition) is 3. The highest BCUT2D eigenvalue weighted by molar-refractivity contribution is 6.10. The number of para-hydroxylation sites is 2. The van der Waals surface area contributed by atoms with Crippen molar-refractivity contribution in [1.82, 2.24) is 5.32 Å². The monoisotopic (exact) mass is 387 g/mol. The van der Waals surface area contributed by atoms with E-state index in [0.717, 1.165) is 4.90 Å². The molecule has 27 heavy (non-hydrogen) atoms. The Morgan fingerprint density at radius 3 is 2.52 bits per heavy atom. The van der Waals surface area contributed by atoms with Crippen LogP contribution in [0.4, 0.5) is 24.5 Å². The average molecular weight is 387 g/mol. The molecule has 1 atom stereocenters. The Balaban J connectivity index is 1.96. The zero-order chi connectivity index (χ0) is 20.2. The number of carboxylic acids is 1. The van der Waals surface area contributed by atoms with Crippen molar-refractivity contribution in [2.24, 2.45) is 0 Å². The number of aliphatic carboxylic acids is 1. The number of fused-ring (bicyclic) bond motifs is 1. The number of nitrogens with zero attached hydrogens (tertiary/aromatic N) is 1. The van der Waals surface area contributed by atoms with Gasteiger partial charge in [-0.05, 0) is 12.1 Å². The molecule has 3 amide bonds. The summed E-state index contributed by atoms with van der Waals surface area (Å²) >= 11 is 0. The van der Waals surface area contributed by atoms with Crippen LogP contribution < -0.4 is 15.5 Å². The van der Waals surface area contributed by atoms with Gasteiger partial charge in [-0.3, -0.25) is 14.4 Å². The summed E-state index contributed by atoms with van der Waals surface area (Å²) in [4.78, 5) is 47.7. The third kappa shape index (κ3) is 5.69. The lowest BCUT2D eigenvalue weighted by molar-refractivity contribution is -0.160. The zero-order valence-electron chi connectivity index (χ0n) is 13.9. The number of benzene rings is 1. The minimum absolute atomic E-state index is 0.261. The molecule has 0 aromatic heterocycles. The maximum atomic E-state index is 12.3. The summed E-state index contributed by atoms with van der Waals surface area (Å²) < 4.78 is 37.0. The van der Waals surface area contributed by atoms with Crippen LogP contribution in [-0.2, 0) is 19.2 Å². The number of amides is 3. The van der Waals surface area contributed by atoms with E-state index in [-0.39, 0.29) is 6.54 Å². The zero-order valence-corrected chi connectivity index (χ0v) is 13.9. The Bertz CT molecular complexity index is 766. The first-order chi connectivity index (χ1) is 12.6. The first kappa shape index (κ1) is 20.2. The standard InChI is InChI=1S/C16H16F3N3O5/c17-16(18,19)7-10(15(26)27)21-12(23)5-6-14(25)22-8-13(24)20-9-3-1-2-4-11(9)22/h1-4,10H,5-8H2,(H,20,24)(H,21,23)(H,26,27). The number of carbonyl (C=O) groups is 4. The summed E-state index contributed by atoms with van der Waals surface area (Å²) in [7, 11) is 0. The van der Waals surface area contributed by atoms with Crippen LogP contribution in [-0.4, -0.2) is 47.6 Å². The molecule has 0 spiro atoms. The molecular weight excluding hydrogens is 371 g/mol. The fourth-order valence-electron chi connectivity index (χ4n) is 2.51. The van der Waals surface area contributed by atoms with Crippen LogP contribution in [0.15, 0.2) is 24.3 Å². The van der Waals surface area contributed by atoms with E-state index in [2.05, 4.69) is 5.32 Å². The lowest BCUT2D eigenvalue weighted by Gasteiger charge is -2.29. The molecule has 1 aliphatic rings. The molecule has 1 aromatic rings. The summed E-state index contributed by atoms with van der Waals surface area (Å²) in [6.45, 7) is -0.261. The smallest absolute Gasteiger partial charge is 0.391 e. The van der Waals surface area contributed by atoms with Crippen molar-refractivity contribution in [2.75, 3.05) is 16.8 Å². The number of alkyl halides is 3. The number of halogens is 3. The third-order valence-electron chi connectivity index (χ3n) is 3.71. The molecule has 0 fully saturated rings. The number of nitrogens with one attached hydrogen (secondary N) is 2. The first-order valence-electron chi connectivity index (χ1n) is 7.85. The molecule has 11 heteroatoms. The van der Waals surface area contributed by atoms with E-state index in [9.17, 15) is 32.3 Å². The molecule has 0 saturated carbocycles. The summed E-state index contributed by atoms with van der Waals surface area (Å²) in [6, 6.07) is 4.37. The number of hydrogen-bond acceptors (Lipinski definition) is 4. The van der Waals surface area contributed by atoms with Crippen molar-refractivity contribution in [3.63, 3.8) is 0 Å². The van der Waals surface area contributed by atoms with Crippen molar-refractivity contribution in [3.05, 3.63) is 24.3 Å². The third-order valence-corrected chi connectivity index (χ3v) is 3.71. The van der Waals surface area contributed by atoms with Crippen LogP contribution in [0.5, 0.6) is 0 Å². The second kappa shape index (κ2) is 8.06. The van der Waals surface area contributed by atoms with E-state index < -0.39 is 55.2 Å². The molecule has 1 heterocycles. The molecule has 8 nitrogen and oxygen atoms in total. The van der Waals surface area contributed by atoms with Gasteiger partial charge < -0.3 is 20.6 Å². The second-order valence-corrected chi connectivity index (χ2v) is 5.82. The Hall–Kier alpha value is -3.11. The van der Waals surface area contributed by atoms with Crippen molar-refractivity contribution < 1.29 is 37.5 Å².